The zero-order valence-corrected chi connectivity index (χ0v) is 18.4. The summed E-state index contributed by atoms with van der Waals surface area (Å²) in [4.78, 5) is 37.1. The van der Waals surface area contributed by atoms with Crippen LogP contribution in [0.25, 0.3) is 0 Å². The minimum Gasteiger partial charge on any atom is -0.393 e. The van der Waals surface area contributed by atoms with Gasteiger partial charge in [0.1, 0.15) is 0 Å². The second-order valence-corrected chi connectivity index (χ2v) is 11.3. The Labute approximate surface area is 174 Å². The van der Waals surface area contributed by atoms with Gasteiger partial charge in [-0.3, -0.25) is 14.4 Å². The van der Waals surface area contributed by atoms with E-state index in [4.69, 9.17) is 4.74 Å². The van der Waals surface area contributed by atoms with E-state index in [1.807, 2.05) is 0 Å². The Morgan fingerprint density at radius 3 is 2.48 bits per heavy atom. The van der Waals surface area contributed by atoms with Crippen molar-refractivity contribution in [2.75, 3.05) is 0 Å². The van der Waals surface area contributed by atoms with E-state index in [1.165, 1.54) is 0 Å². The van der Waals surface area contributed by atoms with E-state index in [9.17, 15) is 14.4 Å². The number of fused-ring (bicyclic) bond motifs is 5. The summed E-state index contributed by atoms with van der Waals surface area (Å²) in [5, 5.41) is 3.19. The summed E-state index contributed by atoms with van der Waals surface area (Å²) < 4.78 is 5.33. The predicted molar refractivity (Wildman–Crippen MR) is 110 cm³/mol. The standard InChI is InChI=1S/C24H35NO4/c1-22(2,3)21(28)29-20(27)17-8-7-15-14-6-9-18-24(5,13-11-19(26)25-18)16(14)10-12-23(15,17)4/h11,13-18H,6-10,12H2,1-5H3,(H,25,26)/t14?,15?,16?,17?,18?,23-,24+/m0/s1. The van der Waals surface area contributed by atoms with Gasteiger partial charge in [0.25, 0.3) is 0 Å². The molecule has 1 N–H and O–H groups in total. The van der Waals surface area contributed by atoms with Crippen LogP contribution in [-0.4, -0.2) is 23.9 Å². The number of ether oxygens (including phenoxy) is 1. The van der Waals surface area contributed by atoms with Gasteiger partial charge in [0.05, 0.1) is 11.3 Å². The first-order valence-electron chi connectivity index (χ1n) is 11.2. The molecule has 5 nitrogen and oxygen atoms in total. The van der Waals surface area contributed by atoms with Crippen LogP contribution in [0.15, 0.2) is 12.2 Å². The van der Waals surface area contributed by atoms with Crippen LogP contribution in [0.5, 0.6) is 0 Å². The van der Waals surface area contributed by atoms with Crippen LogP contribution >= 0.6 is 0 Å². The summed E-state index contributed by atoms with van der Waals surface area (Å²) in [6.07, 6.45) is 9.83. The van der Waals surface area contributed by atoms with Crippen molar-refractivity contribution in [3.05, 3.63) is 12.2 Å². The molecular weight excluding hydrogens is 366 g/mol. The van der Waals surface area contributed by atoms with Gasteiger partial charge in [-0.1, -0.05) is 19.9 Å². The quantitative estimate of drug-likeness (QED) is 0.532. The first kappa shape index (κ1) is 20.6. The Kier molecular flexibility index (Phi) is 4.75. The maximum Gasteiger partial charge on any atom is 0.318 e. The molecule has 7 atom stereocenters. The maximum atomic E-state index is 12.9. The third-order valence-corrected chi connectivity index (χ3v) is 8.78. The van der Waals surface area contributed by atoms with Crippen molar-refractivity contribution < 1.29 is 19.1 Å². The predicted octanol–water partition coefficient (Wildman–Crippen LogP) is 4.02. The van der Waals surface area contributed by atoms with Crippen molar-refractivity contribution in [2.24, 2.45) is 39.9 Å². The van der Waals surface area contributed by atoms with Crippen LogP contribution in [0.2, 0.25) is 0 Å². The first-order chi connectivity index (χ1) is 13.5. The molecule has 0 aromatic rings. The zero-order chi connectivity index (χ0) is 21.2. The molecule has 3 aliphatic carbocycles. The normalized spacial score (nSPS) is 43.6. The highest BCUT2D eigenvalue weighted by Crippen LogP contribution is 2.65. The lowest BCUT2D eigenvalue weighted by molar-refractivity contribution is -0.172. The minimum absolute atomic E-state index is 0.00104. The molecule has 0 saturated heterocycles. The SMILES string of the molecule is CC(C)(C)C(=O)OC(=O)C1CCC2C3CCC4NC(=O)C=C[C@]4(C)C3CC[C@]12C. The highest BCUT2D eigenvalue weighted by Gasteiger charge is 2.61. The van der Waals surface area contributed by atoms with Crippen LogP contribution < -0.4 is 5.32 Å². The molecule has 5 unspecified atom stereocenters. The van der Waals surface area contributed by atoms with Crippen molar-refractivity contribution >= 4 is 17.8 Å². The van der Waals surface area contributed by atoms with Crippen LogP contribution in [0.3, 0.4) is 0 Å². The molecule has 4 aliphatic rings. The smallest absolute Gasteiger partial charge is 0.318 e. The van der Waals surface area contributed by atoms with E-state index in [-0.39, 0.29) is 34.7 Å². The fraction of sp³-hybridized carbons (Fsp3) is 0.792. The monoisotopic (exact) mass is 401 g/mol. The van der Waals surface area contributed by atoms with Gasteiger partial charge in [-0.15, -0.1) is 0 Å². The average molecular weight is 402 g/mol. The molecule has 0 radical (unpaired) electrons. The zero-order valence-electron chi connectivity index (χ0n) is 18.4. The molecule has 0 aromatic carbocycles. The lowest BCUT2D eigenvalue weighted by Crippen LogP contribution is -2.59. The lowest BCUT2D eigenvalue weighted by Gasteiger charge is -2.58. The molecule has 3 fully saturated rings. The summed E-state index contributed by atoms with van der Waals surface area (Å²) in [6.45, 7) is 9.89. The summed E-state index contributed by atoms with van der Waals surface area (Å²) in [6, 6.07) is 0.220. The van der Waals surface area contributed by atoms with Crippen molar-refractivity contribution in [2.45, 2.75) is 79.2 Å². The molecule has 0 bridgehead atoms. The van der Waals surface area contributed by atoms with E-state index in [0.717, 1.165) is 38.5 Å². The summed E-state index contributed by atoms with van der Waals surface area (Å²) >= 11 is 0. The highest BCUT2D eigenvalue weighted by molar-refractivity contribution is 5.90. The highest BCUT2D eigenvalue weighted by atomic mass is 16.6. The number of rotatable bonds is 1. The van der Waals surface area contributed by atoms with Crippen molar-refractivity contribution in [3.63, 3.8) is 0 Å². The number of esters is 2. The van der Waals surface area contributed by atoms with Gasteiger partial charge >= 0.3 is 11.9 Å². The van der Waals surface area contributed by atoms with Crippen LogP contribution in [0.1, 0.15) is 73.1 Å². The third-order valence-electron chi connectivity index (χ3n) is 8.78. The van der Waals surface area contributed by atoms with Crippen molar-refractivity contribution in [3.8, 4) is 0 Å². The van der Waals surface area contributed by atoms with Crippen molar-refractivity contribution in [1.29, 1.82) is 0 Å². The number of nitrogens with one attached hydrogen (secondary N) is 1. The lowest BCUT2D eigenvalue weighted by atomic mass is 9.48. The molecule has 3 saturated carbocycles. The molecule has 5 heteroatoms. The van der Waals surface area contributed by atoms with E-state index < -0.39 is 11.4 Å². The van der Waals surface area contributed by atoms with Gasteiger partial charge in [0, 0.05) is 11.5 Å². The Balaban J connectivity index is 1.54. The number of carbonyl (C=O) groups is 3. The maximum absolute atomic E-state index is 12.9. The number of hydrogen-bond donors (Lipinski definition) is 1. The Morgan fingerprint density at radius 1 is 1.07 bits per heavy atom. The molecule has 1 amide bonds. The topological polar surface area (TPSA) is 72.5 Å². The first-order valence-corrected chi connectivity index (χ1v) is 11.2. The second kappa shape index (κ2) is 6.68. The van der Waals surface area contributed by atoms with Gasteiger partial charge in [0.15, 0.2) is 0 Å². The van der Waals surface area contributed by atoms with Gasteiger partial charge in [0.2, 0.25) is 5.91 Å². The number of hydrogen-bond acceptors (Lipinski definition) is 4. The fourth-order valence-corrected chi connectivity index (χ4v) is 7.04. The molecular formula is C24H35NO4. The second-order valence-electron chi connectivity index (χ2n) is 11.3. The minimum atomic E-state index is -0.670. The van der Waals surface area contributed by atoms with E-state index in [2.05, 4.69) is 25.2 Å². The van der Waals surface area contributed by atoms with E-state index in [0.29, 0.717) is 17.8 Å². The molecule has 29 heavy (non-hydrogen) atoms. The molecule has 1 aliphatic heterocycles. The molecule has 0 spiro atoms. The summed E-state index contributed by atoms with van der Waals surface area (Å²) in [5.74, 6) is 0.656. The molecule has 4 rings (SSSR count). The largest absolute Gasteiger partial charge is 0.393 e. The average Bonchev–Trinajstić information content (AvgIpc) is 2.98. The van der Waals surface area contributed by atoms with Gasteiger partial charge in [-0.2, -0.15) is 0 Å². The van der Waals surface area contributed by atoms with Gasteiger partial charge < -0.3 is 10.1 Å². The number of amides is 1. The molecule has 1 heterocycles. The van der Waals surface area contributed by atoms with Gasteiger partial charge in [-0.25, -0.2) is 0 Å². The van der Waals surface area contributed by atoms with Crippen LogP contribution in [0.4, 0.5) is 0 Å². The molecule has 0 aromatic heterocycles. The Morgan fingerprint density at radius 2 is 1.79 bits per heavy atom. The van der Waals surface area contributed by atoms with E-state index >= 15 is 0 Å². The van der Waals surface area contributed by atoms with Crippen molar-refractivity contribution in [1.82, 2.24) is 5.32 Å². The Bertz CT molecular complexity index is 765. The van der Waals surface area contributed by atoms with E-state index in [1.54, 1.807) is 26.8 Å². The number of carbonyl (C=O) groups excluding carboxylic acids is 3. The van der Waals surface area contributed by atoms with Gasteiger partial charge in [-0.05, 0) is 88.5 Å². The Hall–Kier alpha value is -1.65. The van der Waals surface area contributed by atoms with Crippen LogP contribution in [0, 0.1) is 39.9 Å². The third kappa shape index (κ3) is 3.16. The van der Waals surface area contributed by atoms with Crippen LogP contribution in [-0.2, 0) is 19.1 Å². The molecule has 160 valence electrons. The summed E-state index contributed by atoms with van der Waals surface area (Å²) in [7, 11) is 0. The summed E-state index contributed by atoms with van der Waals surface area (Å²) in [5.41, 5.74) is -0.767. The fourth-order valence-electron chi connectivity index (χ4n) is 7.04.